The van der Waals surface area contributed by atoms with Crippen LogP contribution in [0.5, 0.6) is 0 Å². The summed E-state index contributed by atoms with van der Waals surface area (Å²) in [5, 5.41) is 20.0. The van der Waals surface area contributed by atoms with Crippen molar-refractivity contribution in [2.45, 2.75) is 25.4 Å². The van der Waals surface area contributed by atoms with E-state index in [0.29, 0.717) is 5.82 Å². The Bertz CT molecular complexity index is 1130. The van der Waals surface area contributed by atoms with Crippen molar-refractivity contribution in [1.82, 2.24) is 19.7 Å². The second kappa shape index (κ2) is 7.80. The van der Waals surface area contributed by atoms with Gasteiger partial charge in [0.15, 0.2) is 5.82 Å². The molecule has 1 amide bonds. The van der Waals surface area contributed by atoms with Gasteiger partial charge in [0, 0.05) is 24.2 Å². The van der Waals surface area contributed by atoms with E-state index in [2.05, 4.69) is 10.4 Å². The number of thiophene rings is 1. The van der Waals surface area contributed by atoms with Gasteiger partial charge in [-0.15, -0.1) is 16.4 Å². The monoisotopic (exact) mass is 433 g/mol. The van der Waals surface area contributed by atoms with Crippen LogP contribution in [0.2, 0.25) is 5.02 Å². The number of aromatic nitrogens is 3. The van der Waals surface area contributed by atoms with Gasteiger partial charge >= 0.3 is 5.69 Å². The van der Waals surface area contributed by atoms with Crippen molar-refractivity contribution in [1.29, 1.82) is 0 Å². The lowest BCUT2D eigenvalue weighted by Gasteiger charge is -2.05. The second-order valence-electron chi connectivity index (χ2n) is 6.59. The summed E-state index contributed by atoms with van der Waals surface area (Å²) >= 11 is 7.28. The van der Waals surface area contributed by atoms with Gasteiger partial charge in [-0.1, -0.05) is 17.7 Å². The van der Waals surface area contributed by atoms with Crippen LogP contribution < -0.4 is 11.0 Å². The second-order valence-corrected chi connectivity index (χ2v) is 7.94. The van der Waals surface area contributed by atoms with E-state index in [1.165, 1.54) is 28.2 Å². The number of rotatable bonds is 7. The van der Waals surface area contributed by atoms with Crippen molar-refractivity contribution in [3.05, 3.63) is 66.9 Å². The summed E-state index contributed by atoms with van der Waals surface area (Å²) in [6.07, 6.45) is 1.91. The number of nitrogens with zero attached hydrogens (tertiary/aromatic N) is 4. The first kappa shape index (κ1) is 19.3. The fourth-order valence-electron chi connectivity index (χ4n) is 2.97. The zero-order chi connectivity index (χ0) is 20.5. The molecule has 2 aromatic heterocycles. The molecule has 1 saturated carbocycles. The van der Waals surface area contributed by atoms with E-state index in [0.717, 1.165) is 23.8 Å². The number of nitrogens with one attached hydrogen (secondary N) is 1. The Morgan fingerprint density at radius 3 is 2.83 bits per heavy atom. The summed E-state index contributed by atoms with van der Waals surface area (Å²) in [7, 11) is 0. The summed E-state index contributed by atoms with van der Waals surface area (Å²) < 4.78 is 3.06. The van der Waals surface area contributed by atoms with Gasteiger partial charge in [0.1, 0.15) is 5.02 Å². The molecule has 150 valence electrons. The Balaban J connectivity index is 1.47. The molecule has 0 saturated heterocycles. The van der Waals surface area contributed by atoms with Crippen molar-refractivity contribution < 1.29 is 9.72 Å². The minimum Gasteiger partial charge on any atom is -0.350 e. The molecule has 0 atom stereocenters. The number of carbonyl (C=O) groups excluding carboxylic acids is 1. The molecule has 9 nitrogen and oxygen atoms in total. The van der Waals surface area contributed by atoms with E-state index in [-0.39, 0.29) is 41.1 Å². The van der Waals surface area contributed by atoms with Gasteiger partial charge in [-0.2, -0.15) is 0 Å². The molecular formula is C18H16ClN5O4S. The summed E-state index contributed by atoms with van der Waals surface area (Å²) in [5.41, 5.74) is -0.414. The summed E-state index contributed by atoms with van der Waals surface area (Å²) in [6, 6.07) is 7.85. The number of hydrogen-bond donors (Lipinski definition) is 1. The van der Waals surface area contributed by atoms with Crippen LogP contribution in [0.25, 0.3) is 10.7 Å². The third kappa shape index (κ3) is 3.94. The van der Waals surface area contributed by atoms with E-state index in [1.807, 2.05) is 17.5 Å². The Hall–Kier alpha value is -2.98. The van der Waals surface area contributed by atoms with E-state index < -0.39 is 10.8 Å². The third-order valence-corrected chi connectivity index (χ3v) is 5.72. The number of nitro benzene ring substituents is 1. The van der Waals surface area contributed by atoms with Gasteiger partial charge in [-0.3, -0.25) is 19.5 Å². The number of nitro groups is 1. The molecule has 0 radical (unpaired) electrons. The van der Waals surface area contributed by atoms with E-state index in [1.54, 1.807) is 4.57 Å². The van der Waals surface area contributed by atoms with Crippen LogP contribution >= 0.6 is 22.9 Å². The Kier molecular flexibility index (Phi) is 5.20. The minimum atomic E-state index is -0.644. The first-order valence-corrected chi connectivity index (χ1v) is 10.2. The standard InChI is InChI=1S/C18H16ClN5O4S/c19-13-6-3-11(10-14(13)24(27)28)17(25)20-7-8-22-18(26)23(12-4-5-12)16(21-22)15-2-1-9-29-15/h1-3,6,9-10,12H,4-5,7-8H2,(H,20,25). The lowest BCUT2D eigenvalue weighted by molar-refractivity contribution is -0.384. The molecule has 1 fully saturated rings. The maximum atomic E-state index is 12.7. The quantitative estimate of drug-likeness (QED) is 0.454. The van der Waals surface area contributed by atoms with Crippen LogP contribution in [-0.2, 0) is 6.54 Å². The van der Waals surface area contributed by atoms with Gasteiger partial charge < -0.3 is 5.32 Å². The summed E-state index contributed by atoms with van der Waals surface area (Å²) in [4.78, 5) is 36.3. The number of halogens is 1. The third-order valence-electron chi connectivity index (χ3n) is 4.54. The predicted molar refractivity (Wildman–Crippen MR) is 109 cm³/mol. The van der Waals surface area contributed by atoms with E-state index in [4.69, 9.17) is 11.6 Å². The van der Waals surface area contributed by atoms with Crippen molar-refractivity contribution >= 4 is 34.5 Å². The summed E-state index contributed by atoms with van der Waals surface area (Å²) in [6.45, 7) is 0.346. The maximum Gasteiger partial charge on any atom is 0.346 e. The molecule has 1 aliphatic carbocycles. The highest BCUT2D eigenvalue weighted by Gasteiger charge is 2.30. The smallest absolute Gasteiger partial charge is 0.346 e. The average molecular weight is 434 g/mol. The molecule has 29 heavy (non-hydrogen) atoms. The number of carbonyl (C=O) groups is 1. The molecule has 1 aromatic carbocycles. The molecule has 0 unspecified atom stereocenters. The van der Waals surface area contributed by atoms with Crippen molar-refractivity contribution in [2.75, 3.05) is 6.54 Å². The van der Waals surface area contributed by atoms with Crippen LogP contribution in [0.4, 0.5) is 5.69 Å². The Morgan fingerprint density at radius 2 is 2.17 bits per heavy atom. The molecule has 0 spiro atoms. The zero-order valence-corrected chi connectivity index (χ0v) is 16.7. The minimum absolute atomic E-state index is 0.0372. The fourth-order valence-corrected chi connectivity index (χ4v) is 3.86. The molecule has 4 rings (SSSR count). The van der Waals surface area contributed by atoms with Crippen LogP contribution in [0.15, 0.2) is 40.5 Å². The highest BCUT2D eigenvalue weighted by molar-refractivity contribution is 7.13. The first-order valence-electron chi connectivity index (χ1n) is 8.91. The molecule has 0 bridgehead atoms. The molecule has 0 aliphatic heterocycles. The van der Waals surface area contributed by atoms with Gasteiger partial charge in [0.25, 0.3) is 11.6 Å². The molecule has 1 aliphatic rings. The molecule has 11 heteroatoms. The molecule has 1 N–H and O–H groups in total. The highest BCUT2D eigenvalue weighted by Crippen LogP contribution is 2.37. The molecular weight excluding hydrogens is 418 g/mol. The SMILES string of the molecule is O=C(NCCn1nc(-c2cccs2)n(C2CC2)c1=O)c1ccc(Cl)c([N+](=O)[O-])c1. The summed E-state index contributed by atoms with van der Waals surface area (Å²) in [5.74, 6) is 0.157. The fraction of sp³-hybridized carbons (Fsp3) is 0.278. The first-order chi connectivity index (χ1) is 14.0. The Morgan fingerprint density at radius 1 is 1.38 bits per heavy atom. The maximum absolute atomic E-state index is 12.7. The normalized spacial score (nSPS) is 13.4. The molecule has 3 aromatic rings. The van der Waals surface area contributed by atoms with Gasteiger partial charge in [0.05, 0.1) is 16.3 Å². The van der Waals surface area contributed by atoms with Crippen molar-refractivity contribution in [2.24, 2.45) is 0 Å². The van der Waals surface area contributed by atoms with Crippen LogP contribution in [-0.4, -0.2) is 31.7 Å². The van der Waals surface area contributed by atoms with Gasteiger partial charge in [-0.25, -0.2) is 9.48 Å². The molecule has 2 heterocycles. The van der Waals surface area contributed by atoms with Crippen LogP contribution in [0, 0.1) is 10.1 Å². The van der Waals surface area contributed by atoms with Crippen molar-refractivity contribution in [3.8, 4) is 10.7 Å². The average Bonchev–Trinajstić information content (AvgIpc) is 3.27. The predicted octanol–water partition coefficient (Wildman–Crippen LogP) is 3.10. The largest absolute Gasteiger partial charge is 0.350 e. The van der Waals surface area contributed by atoms with Crippen LogP contribution in [0.3, 0.4) is 0 Å². The van der Waals surface area contributed by atoms with E-state index in [9.17, 15) is 19.7 Å². The lowest BCUT2D eigenvalue weighted by atomic mass is 10.2. The van der Waals surface area contributed by atoms with Gasteiger partial charge in [0.2, 0.25) is 0 Å². The number of benzene rings is 1. The highest BCUT2D eigenvalue weighted by atomic mass is 35.5. The van der Waals surface area contributed by atoms with E-state index >= 15 is 0 Å². The van der Waals surface area contributed by atoms with Gasteiger partial charge in [-0.05, 0) is 36.4 Å². The van der Waals surface area contributed by atoms with Crippen LogP contribution in [0.1, 0.15) is 29.2 Å². The number of hydrogen-bond acceptors (Lipinski definition) is 6. The topological polar surface area (TPSA) is 112 Å². The number of amides is 1. The Labute approximate surface area is 173 Å². The lowest BCUT2D eigenvalue weighted by Crippen LogP contribution is -2.32. The zero-order valence-electron chi connectivity index (χ0n) is 15.1. The van der Waals surface area contributed by atoms with Crippen molar-refractivity contribution in [3.63, 3.8) is 0 Å².